The third-order valence-electron chi connectivity index (χ3n) is 7.60. The van der Waals surface area contributed by atoms with Gasteiger partial charge in [-0.25, -0.2) is 15.0 Å². The Kier molecular flexibility index (Phi) is 6.45. The molecule has 1 N–H and O–H groups in total. The Hall–Kier alpha value is -3.25. The van der Waals surface area contributed by atoms with Crippen LogP contribution in [0.15, 0.2) is 67.0 Å². The van der Waals surface area contributed by atoms with E-state index in [1.54, 1.807) is 0 Å². The SMILES string of the molecule is c1ccc(CN2CCC(Nc3nc(-c4ccccc4)nc4c3ncn4C3CCCCC3)CC2)cc1. The van der Waals surface area contributed by atoms with Gasteiger partial charge in [-0.05, 0) is 31.2 Å². The van der Waals surface area contributed by atoms with Gasteiger partial charge in [0.05, 0.1) is 6.33 Å². The highest BCUT2D eigenvalue weighted by atomic mass is 15.2. The molecule has 1 saturated carbocycles. The molecule has 2 fully saturated rings. The number of anilines is 1. The number of nitrogens with one attached hydrogen (secondary N) is 1. The maximum atomic E-state index is 5.03. The van der Waals surface area contributed by atoms with Crippen LogP contribution in [-0.2, 0) is 6.54 Å². The van der Waals surface area contributed by atoms with Crippen molar-refractivity contribution in [1.29, 1.82) is 0 Å². The first kappa shape index (κ1) is 22.2. The molecule has 0 radical (unpaired) electrons. The lowest BCUT2D eigenvalue weighted by Gasteiger charge is -2.32. The summed E-state index contributed by atoms with van der Waals surface area (Å²) in [5, 5.41) is 3.78. The van der Waals surface area contributed by atoms with Crippen LogP contribution in [0.1, 0.15) is 56.6 Å². The third-order valence-corrected chi connectivity index (χ3v) is 7.60. The number of hydrogen-bond acceptors (Lipinski definition) is 5. The monoisotopic (exact) mass is 466 g/mol. The van der Waals surface area contributed by atoms with Crippen molar-refractivity contribution in [3.63, 3.8) is 0 Å². The molecule has 6 rings (SSSR count). The molecule has 1 aliphatic heterocycles. The van der Waals surface area contributed by atoms with Crippen LogP contribution in [0.3, 0.4) is 0 Å². The molecular weight excluding hydrogens is 432 g/mol. The highest BCUT2D eigenvalue weighted by Gasteiger charge is 2.24. The van der Waals surface area contributed by atoms with E-state index in [-0.39, 0.29) is 0 Å². The second-order valence-corrected chi connectivity index (χ2v) is 10.1. The maximum Gasteiger partial charge on any atom is 0.166 e. The topological polar surface area (TPSA) is 58.9 Å². The Morgan fingerprint density at radius 2 is 1.51 bits per heavy atom. The standard InChI is InChI=1S/C29H34N6/c1-4-10-22(11-5-1)20-34-18-16-24(17-19-34)31-28-26-29(33-27(32-28)23-12-6-2-7-13-23)35(21-30-26)25-14-8-3-9-15-25/h1-2,4-7,10-13,21,24-25H,3,8-9,14-20H2,(H,31,32,33). The van der Waals surface area contributed by atoms with E-state index in [4.69, 9.17) is 15.0 Å². The van der Waals surface area contributed by atoms with Gasteiger partial charge >= 0.3 is 0 Å². The highest BCUT2D eigenvalue weighted by molar-refractivity contribution is 5.85. The molecule has 35 heavy (non-hydrogen) atoms. The van der Waals surface area contributed by atoms with Gasteiger partial charge in [-0.1, -0.05) is 79.9 Å². The fourth-order valence-electron chi connectivity index (χ4n) is 5.63. The molecule has 4 aromatic rings. The van der Waals surface area contributed by atoms with E-state index < -0.39 is 0 Å². The minimum Gasteiger partial charge on any atom is -0.365 e. The van der Waals surface area contributed by atoms with Gasteiger partial charge in [-0.3, -0.25) is 4.90 Å². The van der Waals surface area contributed by atoms with Crippen LogP contribution in [0.25, 0.3) is 22.6 Å². The zero-order chi connectivity index (χ0) is 23.5. The lowest BCUT2D eigenvalue weighted by Crippen LogP contribution is -2.38. The Morgan fingerprint density at radius 3 is 2.26 bits per heavy atom. The van der Waals surface area contributed by atoms with Gasteiger partial charge in [0.2, 0.25) is 0 Å². The number of rotatable bonds is 6. The lowest BCUT2D eigenvalue weighted by atomic mass is 9.95. The zero-order valence-corrected chi connectivity index (χ0v) is 20.3. The zero-order valence-electron chi connectivity index (χ0n) is 20.3. The molecule has 2 aromatic carbocycles. The molecule has 0 spiro atoms. The number of fused-ring (bicyclic) bond motifs is 1. The third kappa shape index (κ3) is 4.94. The molecule has 180 valence electrons. The Morgan fingerprint density at radius 1 is 0.800 bits per heavy atom. The van der Waals surface area contributed by atoms with Gasteiger partial charge in [0.1, 0.15) is 5.52 Å². The summed E-state index contributed by atoms with van der Waals surface area (Å²) >= 11 is 0. The van der Waals surface area contributed by atoms with Crippen LogP contribution in [0.2, 0.25) is 0 Å². The highest BCUT2D eigenvalue weighted by Crippen LogP contribution is 2.33. The van der Waals surface area contributed by atoms with Crippen molar-refractivity contribution in [3.05, 3.63) is 72.6 Å². The summed E-state index contributed by atoms with van der Waals surface area (Å²) in [6.45, 7) is 3.20. The van der Waals surface area contributed by atoms with Gasteiger partial charge in [-0.15, -0.1) is 0 Å². The molecule has 0 atom stereocenters. The molecule has 1 saturated heterocycles. The Labute approximate surface area is 207 Å². The summed E-state index contributed by atoms with van der Waals surface area (Å²) in [7, 11) is 0. The van der Waals surface area contributed by atoms with Crippen LogP contribution < -0.4 is 5.32 Å². The van der Waals surface area contributed by atoms with Gasteiger partial charge in [-0.2, -0.15) is 0 Å². The van der Waals surface area contributed by atoms with Crippen LogP contribution in [0.4, 0.5) is 5.82 Å². The van der Waals surface area contributed by atoms with E-state index in [0.29, 0.717) is 12.1 Å². The van der Waals surface area contributed by atoms with Crippen molar-refractivity contribution in [3.8, 4) is 11.4 Å². The Balaban J connectivity index is 1.25. The summed E-state index contributed by atoms with van der Waals surface area (Å²) in [5.74, 6) is 1.66. The molecule has 6 nitrogen and oxygen atoms in total. The summed E-state index contributed by atoms with van der Waals surface area (Å²) < 4.78 is 2.32. The van der Waals surface area contributed by atoms with Crippen LogP contribution in [0.5, 0.6) is 0 Å². The van der Waals surface area contributed by atoms with Gasteiger partial charge in [0.25, 0.3) is 0 Å². The van der Waals surface area contributed by atoms with Crippen LogP contribution in [-0.4, -0.2) is 43.6 Å². The Bertz CT molecular complexity index is 1240. The van der Waals surface area contributed by atoms with Gasteiger partial charge < -0.3 is 9.88 Å². The minimum absolute atomic E-state index is 0.392. The number of imidazole rings is 1. The molecule has 0 amide bonds. The van der Waals surface area contributed by atoms with E-state index in [9.17, 15) is 0 Å². The predicted molar refractivity (Wildman–Crippen MR) is 141 cm³/mol. The summed E-state index contributed by atoms with van der Waals surface area (Å²) in [6, 6.07) is 22.0. The second kappa shape index (κ2) is 10.2. The molecule has 6 heteroatoms. The summed E-state index contributed by atoms with van der Waals surface area (Å²) in [6.07, 6.45) is 10.5. The van der Waals surface area contributed by atoms with Gasteiger partial charge in [0, 0.05) is 37.3 Å². The fraction of sp³-hybridized carbons (Fsp3) is 0.414. The van der Waals surface area contributed by atoms with Crippen molar-refractivity contribution in [2.45, 2.75) is 63.6 Å². The average Bonchev–Trinajstić information content (AvgIpc) is 3.36. The quantitative estimate of drug-likeness (QED) is 0.373. The molecule has 0 bridgehead atoms. The lowest BCUT2D eigenvalue weighted by molar-refractivity contribution is 0.211. The van der Waals surface area contributed by atoms with Crippen molar-refractivity contribution >= 4 is 17.0 Å². The first-order chi connectivity index (χ1) is 17.3. The van der Waals surface area contributed by atoms with Crippen molar-refractivity contribution in [2.24, 2.45) is 0 Å². The van der Waals surface area contributed by atoms with Crippen LogP contribution >= 0.6 is 0 Å². The van der Waals surface area contributed by atoms with Crippen LogP contribution in [0, 0.1) is 0 Å². The van der Waals surface area contributed by atoms with Crippen molar-refractivity contribution in [1.82, 2.24) is 24.4 Å². The van der Waals surface area contributed by atoms with E-state index >= 15 is 0 Å². The summed E-state index contributed by atoms with van der Waals surface area (Å²) in [5.41, 5.74) is 4.31. The average molecular weight is 467 g/mol. The number of benzene rings is 2. The number of aromatic nitrogens is 4. The van der Waals surface area contributed by atoms with Crippen molar-refractivity contribution < 1.29 is 0 Å². The van der Waals surface area contributed by atoms with Gasteiger partial charge in [0.15, 0.2) is 17.3 Å². The van der Waals surface area contributed by atoms with E-state index in [0.717, 1.165) is 60.8 Å². The second-order valence-electron chi connectivity index (χ2n) is 10.1. The molecule has 2 aromatic heterocycles. The summed E-state index contributed by atoms with van der Waals surface area (Å²) in [4.78, 5) is 17.4. The normalized spacial score (nSPS) is 18.2. The van der Waals surface area contributed by atoms with E-state index in [2.05, 4.69) is 69.4 Å². The molecule has 3 heterocycles. The number of likely N-dealkylation sites (tertiary alicyclic amines) is 1. The minimum atomic E-state index is 0.392. The number of hydrogen-bond donors (Lipinski definition) is 1. The first-order valence-electron chi connectivity index (χ1n) is 13.2. The van der Waals surface area contributed by atoms with E-state index in [1.807, 2.05) is 12.4 Å². The van der Waals surface area contributed by atoms with Crippen molar-refractivity contribution in [2.75, 3.05) is 18.4 Å². The smallest absolute Gasteiger partial charge is 0.166 e. The largest absolute Gasteiger partial charge is 0.365 e. The molecule has 0 unspecified atom stereocenters. The molecule has 2 aliphatic rings. The molecule has 1 aliphatic carbocycles. The van der Waals surface area contributed by atoms with E-state index in [1.165, 1.54) is 37.7 Å². The number of piperidine rings is 1. The molecular formula is C29H34N6. The first-order valence-corrected chi connectivity index (χ1v) is 13.2. The number of nitrogens with zero attached hydrogens (tertiary/aromatic N) is 5. The fourth-order valence-corrected chi connectivity index (χ4v) is 5.63. The maximum absolute atomic E-state index is 5.03. The predicted octanol–water partition coefficient (Wildman–Crippen LogP) is 6.08.